The molecule has 0 aliphatic rings. The van der Waals surface area contributed by atoms with Gasteiger partial charge in [0.1, 0.15) is 0 Å². The Labute approximate surface area is 168 Å². The molecule has 0 aliphatic carbocycles. The highest BCUT2D eigenvalue weighted by Crippen LogP contribution is 2.23. The maximum atomic E-state index is 5.60. The first kappa shape index (κ1) is 22.0. The van der Waals surface area contributed by atoms with Gasteiger partial charge in [0, 0.05) is 33.9 Å². The average molecular weight is 437 g/mol. The Morgan fingerprint density at radius 1 is 1.04 bits per heavy atom. The predicted molar refractivity (Wildman–Crippen MR) is 113 cm³/mol. The lowest BCUT2D eigenvalue weighted by Gasteiger charge is -2.01. The third-order valence-electron chi connectivity index (χ3n) is 3.12. The van der Waals surface area contributed by atoms with E-state index in [1.807, 2.05) is 50.4 Å². The van der Waals surface area contributed by atoms with E-state index in [9.17, 15) is 0 Å². The monoisotopic (exact) mass is 435 g/mol. The number of halogens is 2. The number of pyridine rings is 1. The van der Waals surface area contributed by atoms with E-state index in [0.29, 0.717) is 16.5 Å². The van der Waals surface area contributed by atoms with Gasteiger partial charge in [-0.2, -0.15) is 5.90 Å². The highest BCUT2D eigenvalue weighted by molar-refractivity contribution is 9.10. The summed E-state index contributed by atoms with van der Waals surface area (Å²) in [6.45, 7) is 4.00. The van der Waals surface area contributed by atoms with Crippen molar-refractivity contribution in [3.8, 4) is 5.75 Å². The van der Waals surface area contributed by atoms with Gasteiger partial charge in [0.25, 0.3) is 0 Å². The van der Waals surface area contributed by atoms with Gasteiger partial charge in [-0.05, 0) is 45.8 Å². The van der Waals surface area contributed by atoms with Gasteiger partial charge in [0.05, 0.1) is 5.69 Å². The summed E-state index contributed by atoms with van der Waals surface area (Å²) >= 11 is 8.97. The minimum atomic E-state index is 0.396. The SMILES string of the molecule is Brc1ccc(Cc2ccccc2)nc1.CC.NOc1cc(Cl)ccc1N. The Kier molecular flexibility index (Phi) is 10.4. The van der Waals surface area contributed by atoms with Crippen molar-refractivity contribution in [1.82, 2.24) is 4.98 Å². The number of rotatable bonds is 3. The minimum Gasteiger partial charge on any atom is -0.409 e. The Hall–Kier alpha value is -2.08. The lowest BCUT2D eigenvalue weighted by molar-refractivity contribution is 0.336. The molecule has 0 radical (unpaired) electrons. The van der Waals surface area contributed by atoms with E-state index in [-0.39, 0.29) is 0 Å². The number of anilines is 1. The lowest BCUT2D eigenvalue weighted by Crippen LogP contribution is -2.04. The Balaban J connectivity index is 0.000000249. The Bertz CT molecular complexity index is 768. The zero-order valence-corrected chi connectivity index (χ0v) is 17.2. The van der Waals surface area contributed by atoms with Crippen LogP contribution in [0.2, 0.25) is 5.02 Å². The third kappa shape index (κ3) is 7.87. The van der Waals surface area contributed by atoms with E-state index in [2.05, 4.69) is 37.9 Å². The van der Waals surface area contributed by atoms with Crippen molar-refractivity contribution in [2.75, 3.05) is 5.73 Å². The second-order valence-corrected chi connectivity index (χ2v) is 6.28. The first-order chi connectivity index (χ1) is 12.6. The van der Waals surface area contributed by atoms with E-state index in [4.69, 9.17) is 23.2 Å². The minimum absolute atomic E-state index is 0.396. The molecule has 0 saturated carbocycles. The second-order valence-electron chi connectivity index (χ2n) is 4.93. The second kappa shape index (κ2) is 12.3. The van der Waals surface area contributed by atoms with Gasteiger partial charge in [-0.15, -0.1) is 0 Å². The van der Waals surface area contributed by atoms with Crippen LogP contribution in [0.5, 0.6) is 5.75 Å². The van der Waals surface area contributed by atoms with E-state index >= 15 is 0 Å². The molecule has 0 aliphatic heterocycles. The van der Waals surface area contributed by atoms with Crippen molar-refractivity contribution >= 4 is 33.2 Å². The van der Waals surface area contributed by atoms with Crippen molar-refractivity contribution in [3.05, 3.63) is 87.6 Å². The number of hydrogen-bond donors (Lipinski definition) is 2. The van der Waals surface area contributed by atoms with E-state index in [1.165, 1.54) is 5.56 Å². The number of nitrogen functional groups attached to an aromatic ring is 1. The van der Waals surface area contributed by atoms with Gasteiger partial charge in [-0.1, -0.05) is 55.8 Å². The van der Waals surface area contributed by atoms with Crippen LogP contribution in [0.3, 0.4) is 0 Å². The summed E-state index contributed by atoms with van der Waals surface area (Å²) in [6, 6.07) is 19.3. The molecule has 0 amide bonds. The topological polar surface area (TPSA) is 74.2 Å². The van der Waals surface area contributed by atoms with Crippen LogP contribution in [0.1, 0.15) is 25.1 Å². The maximum absolute atomic E-state index is 5.60. The van der Waals surface area contributed by atoms with Crippen LogP contribution in [0.25, 0.3) is 0 Å². The van der Waals surface area contributed by atoms with Crippen molar-refractivity contribution in [1.29, 1.82) is 0 Å². The van der Waals surface area contributed by atoms with Crippen molar-refractivity contribution in [2.24, 2.45) is 5.90 Å². The van der Waals surface area contributed by atoms with Crippen molar-refractivity contribution in [2.45, 2.75) is 20.3 Å². The fraction of sp³-hybridized carbons (Fsp3) is 0.150. The van der Waals surface area contributed by atoms with Crippen LogP contribution in [0.15, 0.2) is 71.3 Å². The molecule has 1 aromatic heterocycles. The first-order valence-corrected chi connectivity index (χ1v) is 9.31. The van der Waals surface area contributed by atoms with Gasteiger partial charge >= 0.3 is 0 Å². The normalized spacial score (nSPS) is 9.27. The summed E-state index contributed by atoms with van der Waals surface area (Å²) < 4.78 is 1.02. The fourth-order valence-electron chi connectivity index (χ4n) is 1.93. The molecule has 3 rings (SSSR count). The maximum Gasteiger partial charge on any atom is 0.171 e. The van der Waals surface area contributed by atoms with E-state index < -0.39 is 0 Å². The highest BCUT2D eigenvalue weighted by Gasteiger charge is 1.98. The molecule has 2 aromatic carbocycles. The Morgan fingerprint density at radius 3 is 2.27 bits per heavy atom. The van der Waals surface area contributed by atoms with Crippen LogP contribution in [0, 0.1) is 0 Å². The molecule has 1 heterocycles. The van der Waals surface area contributed by atoms with Gasteiger partial charge in [-0.25, -0.2) is 0 Å². The van der Waals surface area contributed by atoms with Gasteiger partial charge in [0.2, 0.25) is 0 Å². The van der Waals surface area contributed by atoms with Crippen LogP contribution in [-0.2, 0) is 6.42 Å². The quantitative estimate of drug-likeness (QED) is 0.412. The number of benzene rings is 2. The third-order valence-corrected chi connectivity index (χ3v) is 3.82. The standard InChI is InChI=1S/C12H10BrN.C6H7ClN2O.C2H6/c13-11-6-7-12(14-9-11)8-10-4-2-1-3-5-10;7-4-1-2-5(8)6(3-4)10-9;1-2/h1-7,9H,8H2;1-3H,8-9H2;1-2H3. The lowest BCUT2D eigenvalue weighted by atomic mass is 10.1. The average Bonchev–Trinajstić information content (AvgIpc) is 2.68. The summed E-state index contributed by atoms with van der Waals surface area (Å²) in [7, 11) is 0. The van der Waals surface area contributed by atoms with Crippen LogP contribution < -0.4 is 16.5 Å². The first-order valence-electron chi connectivity index (χ1n) is 8.14. The molecular formula is C20H23BrClN3O. The summed E-state index contributed by atoms with van der Waals surface area (Å²) in [4.78, 5) is 8.74. The van der Waals surface area contributed by atoms with Gasteiger partial charge in [-0.3, -0.25) is 4.98 Å². The molecule has 26 heavy (non-hydrogen) atoms. The number of hydrogen-bond acceptors (Lipinski definition) is 4. The van der Waals surface area contributed by atoms with Crippen LogP contribution in [-0.4, -0.2) is 4.98 Å². The molecule has 0 unspecified atom stereocenters. The molecule has 3 aromatic rings. The van der Waals surface area contributed by atoms with Crippen LogP contribution in [0.4, 0.5) is 5.69 Å². The molecule has 0 bridgehead atoms. The van der Waals surface area contributed by atoms with Gasteiger partial charge < -0.3 is 10.6 Å². The summed E-state index contributed by atoms with van der Waals surface area (Å²) in [5.74, 6) is 5.28. The fourth-order valence-corrected chi connectivity index (χ4v) is 2.32. The number of aromatic nitrogens is 1. The Morgan fingerprint density at radius 2 is 1.73 bits per heavy atom. The molecular weight excluding hydrogens is 414 g/mol. The van der Waals surface area contributed by atoms with Crippen LogP contribution >= 0.6 is 27.5 Å². The highest BCUT2D eigenvalue weighted by atomic mass is 79.9. The van der Waals surface area contributed by atoms with Crippen molar-refractivity contribution < 1.29 is 4.84 Å². The molecule has 0 fully saturated rings. The summed E-state index contributed by atoms with van der Waals surface area (Å²) in [5.41, 5.74) is 8.31. The zero-order chi connectivity index (χ0) is 19.4. The van der Waals surface area contributed by atoms with Gasteiger partial charge in [0.15, 0.2) is 5.75 Å². The molecule has 138 valence electrons. The zero-order valence-electron chi connectivity index (χ0n) is 14.8. The van der Waals surface area contributed by atoms with E-state index in [0.717, 1.165) is 16.6 Å². The molecule has 0 spiro atoms. The summed E-state index contributed by atoms with van der Waals surface area (Å²) in [6.07, 6.45) is 2.73. The molecule has 4 N–H and O–H groups in total. The van der Waals surface area contributed by atoms with E-state index in [1.54, 1.807) is 18.2 Å². The smallest absolute Gasteiger partial charge is 0.171 e. The summed E-state index contributed by atoms with van der Waals surface area (Å²) in [5, 5.41) is 0.551. The number of nitrogens with two attached hydrogens (primary N) is 2. The van der Waals surface area contributed by atoms with Crippen molar-refractivity contribution in [3.63, 3.8) is 0 Å². The molecule has 0 atom stereocenters. The molecule has 4 nitrogen and oxygen atoms in total. The largest absolute Gasteiger partial charge is 0.409 e. The molecule has 0 saturated heterocycles. The molecule has 6 heteroatoms. The number of nitrogens with zero attached hydrogens (tertiary/aromatic N) is 1. The predicted octanol–water partition coefficient (Wildman–Crippen LogP) is 5.64.